The Balaban J connectivity index is 1.26. The number of rotatable bonds is 3. The van der Waals surface area contributed by atoms with E-state index in [-0.39, 0.29) is 5.56 Å². The molecule has 136 valence electrons. The standard InChI is InChI=1S/C20H25N5O/c1-13-5-6-17-16(7-13)8-19(22-21-17)24-10-14(11-24)12-25-20(26)9-15-3-2-4-18(15)23-25/h8-9,13-14H,2-7,10-12H2,1H3. The van der Waals surface area contributed by atoms with Crippen molar-refractivity contribution in [2.24, 2.45) is 11.8 Å². The van der Waals surface area contributed by atoms with Crippen molar-refractivity contribution in [1.29, 1.82) is 0 Å². The zero-order chi connectivity index (χ0) is 17.7. The lowest BCUT2D eigenvalue weighted by molar-refractivity contribution is 0.330. The highest BCUT2D eigenvalue weighted by atomic mass is 16.1. The van der Waals surface area contributed by atoms with E-state index < -0.39 is 0 Å². The normalized spacial score (nSPS) is 22.0. The maximum atomic E-state index is 12.3. The van der Waals surface area contributed by atoms with Crippen molar-refractivity contribution in [3.8, 4) is 0 Å². The van der Waals surface area contributed by atoms with Gasteiger partial charge in [-0.1, -0.05) is 6.92 Å². The van der Waals surface area contributed by atoms with Crippen molar-refractivity contribution in [3.63, 3.8) is 0 Å². The Morgan fingerprint density at radius 1 is 1.08 bits per heavy atom. The summed E-state index contributed by atoms with van der Waals surface area (Å²) in [5.41, 5.74) is 4.87. The van der Waals surface area contributed by atoms with Crippen molar-refractivity contribution in [3.05, 3.63) is 45.0 Å². The number of nitrogens with zero attached hydrogens (tertiary/aromatic N) is 5. The van der Waals surface area contributed by atoms with E-state index in [0.29, 0.717) is 12.5 Å². The molecule has 1 unspecified atom stereocenters. The molecule has 6 heteroatoms. The highest BCUT2D eigenvalue weighted by molar-refractivity contribution is 5.44. The van der Waals surface area contributed by atoms with Crippen molar-refractivity contribution < 1.29 is 0 Å². The van der Waals surface area contributed by atoms with E-state index in [2.05, 4.69) is 33.2 Å². The summed E-state index contributed by atoms with van der Waals surface area (Å²) in [7, 11) is 0. The van der Waals surface area contributed by atoms with Crippen LogP contribution in [0.5, 0.6) is 0 Å². The second-order valence-corrected chi connectivity index (χ2v) is 8.28. The lowest BCUT2D eigenvalue weighted by Gasteiger charge is -2.40. The van der Waals surface area contributed by atoms with Gasteiger partial charge in [-0.05, 0) is 61.6 Å². The summed E-state index contributed by atoms with van der Waals surface area (Å²) in [5, 5.41) is 13.5. The summed E-state index contributed by atoms with van der Waals surface area (Å²) >= 11 is 0. The van der Waals surface area contributed by atoms with E-state index in [1.165, 1.54) is 17.7 Å². The van der Waals surface area contributed by atoms with E-state index in [4.69, 9.17) is 0 Å². The van der Waals surface area contributed by atoms with Crippen LogP contribution in [-0.2, 0) is 32.2 Å². The van der Waals surface area contributed by atoms with Gasteiger partial charge in [-0.3, -0.25) is 4.79 Å². The minimum absolute atomic E-state index is 0.0478. The number of fused-ring (bicyclic) bond motifs is 2. The zero-order valence-electron chi connectivity index (χ0n) is 15.3. The van der Waals surface area contributed by atoms with E-state index in [1.807, 2.05) is 0 Å². The lowest BCUT2D eigenvalue weighted by Crippen LogP contribution is -2.50. The summed E-state index contributed by atoms with van der Waals surface area (Å²) in [5.74, 6) is 2.18. The Hall–Kier alpha value is -2.24. The molecular formula is C20H25N5O. The van der Waals surface area contributed by atoms with Crippen LogP contribution in [0.4, 0.5) is 5.82 Å². The molecule has 2 aromatic heterocycles. The van der Waals surface area contributed by atoms with Crippen LogP contribution in [0.1, 0.15) is 42.3 Å². The van der Waals surface area contributed by atoms with Crippen LogP contribution in [0, 0.1) is 11.8 Å². The van der Waals surface area contributed by atoms with Crippen LogP contribution >= 0.6 is 0 Å². The smallest absolute Gasteiger partial charge is 0.267 e. The molecule has 3 aliphatic rings. The second kappa shape index (κ2) is 6.18. The van der Waals surface area contributed by atoms with Crippen LogP contribution in [-0.4, -0.2) is 33.1 Å². The van der Waals surface area contributed by atoms with Gasteiger partial charge in [0.2, 0.25) is 0 Å². The minimum atomic E-state index is 0.0478. The number of hydrogen-bond donors (Lipinski definition) is 0. The topological polar surface area (TPSA) is 63.9 Å². The van der Waals surface area contributed by atoms with E-state index in [9.17, 15) is 4.79 Å². The van der Waals surface area contributed by atoms with Gasteiger partial charge < -0.3 is 4.90 Å². The molecule has 0 amide bonds. The summed E-state index contributed by atoms with van der Waals surface area (Å²) in [6, 6.07) is 4.02. The van der Waals surface area contributed by atoms with Crippen LogP contribution in [0.25, 0.3) is 0 Å². The molecule has 3 heterocycles. The molecule has 6 nitrogen and oxygen atoms in total. The summed E-state index contributed by atoms with van der Waals surface area (Å²) < 4.78 is 1.67. The number of aryl methyl sites for hydroxylation is 3. The average Bonchev–Trinajstić information content (AvgIpc) is 3.04. The Morgan fingerprint density at radius 2 is 1.96 bits per heavy atom. The fraction of sp³-hybridized carbons (Fsp3) is 0.600. The van der Waals surface area contributed by atoms with Crippen molar-refractivity contribution >= 4 is 5.82 Å². The first-order valence-electron chi connectivity index (χ1n) is 9.86. The maximum absolute atomic E-state index is 12.3. The lowest BCUT2D eigenvalue weighted by atomic mass is 9.88. The fourth-order valence-corrected chi connectivity index (χ4v) is 4.53. The zero-order valence-corrected chi connectivity index (χ0v) is 15.3. The molecule has 0 saturated carbocycles. The first-order chi connectivity index (χ1) is 12.7. The highest BCUT2D eigenvalue weighted by Crippen LogP contribution is 2.29. The predicted octanol–water partition coefficient (Wildman–Crippen LogP) is 1.78. The van der Waals surface area contributed by atoms with Crippen LogP contribution in [0.2, 0.25) is 0 Å². The molecule has 5 rings (SSSR count). The Labute approximate surface area is 153 Å². The predicted molar refractivity (Wildman–Crippen MR) is 99.4 cm³/mol. The van der Waals surface area contributed by atoms with Crippen molar-refractivity contribution in [1.82, 2.24) is 20.0 Å². The molecule has 0 bridgehead atoms. The second-order valence-electron chi connectivity index (χ2n) is 8.28. The van der Waals surface area contributed by atoms with Crippen molar-refractivity contribution in [2.45, 2.75) is 52.0 Å². The molecule has 1 aliphatic heterocycles. The largest absolute Gasteiger partial charge is 0.354 e. The minimum Gasteiger partial charge on any atom is -0.354 e. The summed E-state index contributed by atoms with van der Waals surface area (Å²) in [6.07, 6.45) is 6.53. The van der Waals surface area contributed by atoms with Gasteiger partial charge in [0.05, 0.1) is 17.9 Å². The van der Waals surface area contributed by atoms with Crippen LogP contribution in [0.3, 0.4) is 0 Å². The molecule has 1 saturated heterocycles. The number of aromatic nitrogens is 4. The molecule has 0 spiro atoms. The van der Waals surface area contributed by atoms with Crippen LogP contribution in [0.15, 0.2) is 16.9 Å². The van der Waals surface area contributed by atoms with Crippen LogP contribution < -0.4 is 10.5 Å². The molecule has 1 fully saturated rings. The first kappa shape index (κ1) is 16.0. The van der Waals surface area contributed by atoms with Gasteiger partial charge in [-0.25, -0.2) is 4.68 Å². The van der Waals surface area contributed by atoms with Gasteiger partial charge in [0.1, 0.15) is 0 Å². The molecule has 26 heavy (non-hydrogen) atoms. The molecule has 1 atom stereocenters. The SMILES string of the molecule is CC1CCc2nnc(N3CC(Cn4nc5c(cc4=O)CCC5)C3)cc2C1. The molecule has 2 aliphatic carbocycles. The first-order valence-corrected chi connectivity index (χ1v) is 9.86. The number of anilines is 1. The quantitative estimate of drug-likeness (QED) is 0.843. The van der Waals surface area contributed by atoms with Gasteiger partial charge in [0, 0.05) is 25.1 Å². The Kier molecular flexibility index (Phi) is 3.80. The van der Waals surface area contributed by atoms with E-state index in [0.717, 1.165) is 68.2 Å². The monoisotopic (exact) mass is 351 g/mol. The van der Waals surface area contributed by atoms with E-state index in [1.54, 1.807) is 10.7 Å². The van der Waals surface area contributed by atoms with Gasteiger partial charge >= 0.3 is 0 Å². The molecule has 0 aromatic carbocycles. The van der Waals surface area contributed by atoms with Gasteiger partial charge in [-0.15, -0.1) is 5.10 Å². The number of hydrogen-bond acceptors (Lipinski definition) is 5. The maximum Gasteiger partial charge on any atom is 0.267 e. The third-order valence-electron chi connectivity index (χ3n) is 6.13. The molecular weight excluding hydrogens is 326 g/mol. The average molecular weight is 351 g/mol. The highest BCUT2D eigenvalue weighted by Gasteiger charge is 2.30. The van der Waals surface area contributed by atoms with Gasteiger partial charge in [-0.2, -0.15) is 10.2 Å². The molecule has 0 radical (unpaired) electrons. The Bertz CT molecular complexity index is 900. The van der Waals surface area contributed by atoms with Crippen molar-refractivity contribution in [2.75, 3.05) is 18.0 Å². The summed E-state index contributed by atoms with van der Waals surface area (Å²) in [4.78, 5) is 14.5. The van der Waals surface area contributed by atoms with Gasteiger partial charge in [0.15, 0.2) is 5.82 Å². The molecule has 0 N–H and O–H groups in total. The third-order valence-corrected chi connectivity index (χ3v) is 6.13. The van der Waals surface area contributed by atoms with E-state index >= 15 is 0 Å². The fourth-order valence-electron chi connectivity index (χ4n) is 4.53. The van der Waals surface area contributed by atoms with Gasteiger partial charge in [0.25, 0.3) is 5.56 Å². The Morgan fingerprint density at radius 3 is 2.85 bits per heavy atom. The summed E-state index contributed by atoms with van der Waals surface area (Å²) in [6.45, 7) is 4.87. The third kappa shape index (κ3) is 2.81. The molecule has 2 aromatic rings.